The van der Waals surface area contributed by atoms with Gasteiger partial charge in [0, 0.05) is 28.8 Å². The Kier molecular flexibility index (Phi) is 6.60. The van der Waals surface area contributed by atoms with E-state index < -0.39 is 23.9 Å². The van der Waals surface area contributed by atoms with Crippen LogP contribution in [0.2, 0.25) is 0 Å². The third kappa shape index (κ3) is 4.83. The molecule has 1 aromatic heterocycles. The molecule has 9 heteroatoms. The zero-order chi connectivity index (χ0) is 23.4. The Balaban J connectivity index is 1.57. The van der Waals surface area contributed by atoms with Gasteiger partial charge in [-0.2, -0.15) is 0 Å². The highest BCUT2D eigenvalue weighted by atomic mass is 32.1. The maximum absolute atomic E-state index is 13.3. The van der Waals surface area contributed by atoms with E-state index in [1.54, 1.807) is 42.5 Å². The number of thiophene rings is 1. The number of nitrogens with zero attached hydrogens (tertiary/aromatic N) is 2. The molecule has 1 aliphatic heterocycles. The number of anilines is 2. The zero-order valence-electron chi connectivity index (χ0n) is 18.2. The number of ether oxygens (including phenoxy) is 2. The Morgan fingerprint density at radius 3 is 2.30 bits per heavy atom. The molecule has 4 rings (SSSR count). The molecule has 8 nitrogen and oxygen atoms in total. The average Bonchev–Trinajstić information content (AvgIpc) is 3.42. The van der Waals surface area contributed by atoms with Crippen LogP contribution in [-0.4, -0.2) is 43.0 Å². The largest absolute Gasteiger partial charge is 0.497 e. The second-order valence-corrected chi connectivity index (χ2v) is 8.40. The molecule has 0 unspecified atom stereocenters. The van der Waals surface area contributed by atoms with Crippen molar-refractivity contribution in [1.82, 2.24) is 4.90 Å². The lowest BCUT2D eigenvalue weighted by Crippen LogP contribution is -2.37. The molecule has 0 radical (unpaired) electrons. The summed E-state index contributed by atoms with van der Waals surface area (Å²) in [5.41, 5.74) is 0.946. The summed E-state index contributed by atoms with van der Waals surface area (Å²) in [5, 5.41) is 4.69. The Bertz CT molecular complexity index is 1130. The van der Waals surface area contributed by atoms with Gasteiger partial charge in [-0.05, 0) is 23.6 Å². The van der Waals surface area contributed by atoms with Crippen LogP contribution in [-0.2, 0) is 16.1 Å². The maximum atomic E-state index is 13.3. The molecule has 0 bridgehead atoms. The molecular weight excluding hydrogens is 442 g/mol. The highest BCUT2D eigenvalue weighted by molar-refractivity contribution is 7.09. The molecule has 1 aliphatic rings. The number of para-hydroxylation sites is 1. The highest BCUT2D eigenvalue weighted by Crippen LogP contribution is 2.30. The van der Waals surface area contributed by atoms with Crippen molar-refractivity contribution in [2.45, 2.75) is 19.0 Å². The number of rotatable bonds is 8. The number of urea groups is 1. The molecule has 4 amide bonds. The van der Waals surface area contributed by atoms with Crippen molar-refractivity contribution in [2.24, 2.45) is 0 Å². The number of imide groups is 1. The molecule has 1 fully saturated rings. The Labute approximate surface area is 195 Å². The second kappa shape index (κ2) is 9.74. The predicted octanol–water partition coefficient (Wildman–Crippen LogP) is 4.13. The lowest BCUT2D eigenvalue weighted by molar-refractivity contribution is -0.124. The zero-order valence-corrected chi connectivity index (χ0v) is 19.0. The second-order valence-electron chi connectivity index (χ2n) is 7.37. The highest BCUT2D eigenvalue weighted by Gasteiger charge is 2.46. The summed E-state index contributed by atoms with van der Waals surface area (Å²) in [6.45, 7) is 0.247. The summed E-state index contributed by atoms with van der Waals surface area (Å²) in [6, 6.07) is 16.1. The van der Waals surface area contributed by atoms with Gasteiger partial charge in [0.2, 0.25) is 5.91 Å². The first-order chi connectivity index (χ1) is 16.0. The average molecular weight is 466 g/mol. The molecular formula is C24H23N3O5S. The number of carbonyl (C=O) groups is 3. The lowest BCUT2D eigenvalue weighted by Gasteiger charge is -2.21. The monoisotopic (exact) mass is 465 g/mol. The van der Waals surface area contributed by atoms with Crippen LogP contribution >= 0.6 is 11.3 Å². The van der Waals surface area contributed by atoms with Crippen LogP contribution in [0.5, 0.6) is 11.5 Å². The van der Waals surface area contributed by atoms with Gasteiger partial charge in [-0.1, -0.05) is 24.3 Å². The molecule has 2 aromatic carbocycles. The summed E-state index contributed by atoms with van der Waals surface area (Å²) in [6.07, 6.45) is -0.182. The van der Waals surface area contributed by atoms with Gasteiger partial charge in [-0.15, -0.1) is 11.3 Å². The van der Waals surface area contributed by atoms with E-state index in [1.165, 1.54) is 30.5 Å². The number of methoxy groups -OCH3 is 2. The number of nitrogens with one attached hydrogen (secondary N) is 1. The summed E-state index contributed by atoms with van der Waals surface area (Å²) >= 11 is 1.49. The van der Waals surface area contributed by atoms with Crippen LogP contribution < -0.4 is 19.7 Å². The van der Waals surface area contributed by atoms with Crippen LogP contribution in [0.4, 0.5) is 16.2 Å². The minimum atomic E-state index is -0.924. The molecule has 2 heterocycles. The summed E-state index contributed by atoms with van der Waals surface area (Å²) < 4.78 is 10.5. The number of hydrogen-bond donors (Lipinski definition) is 1. The molecule has 0 spiro atoms. The van der Waals surface area contributed by atoms with Crippen molar-refractivity contribution in [2.75, 3.05) is 24.4 Å². The lowest BCUT2D eigenvalue weighted by atomic mass is 10.1. The summed E-state index contributed by atoms with van der Waals surface area (Å²) in [7, 11) is 3.04. The van der Waals surface area contributed by atoms with Crippen molar-refractivity contribution in [3.8, 4) is 11.5 Å². The normalized spacial score (nSPS) is 15.6. The van der Waals surface area contributed by atoms with Gasteiger partial charge in [0.05, 0.1) is 32.9 Å². The third-order valence-electron chi connectivity index (χ3n) is 5.25. The quantitative estimate of drug-likeness (QED) is 0.506. The standard InChI is InChI=1S/C24H23N3O5S/c1-31-18-11-16(12-19(13-18)32-2)25-22(28)14-21-23(29)27(17-7-4-3-5-8-17)24(30)26(21)15-20-9-6-10-33-20/h3-13,21H,14-15H2,1-2H3,(H,25,28)/t21-/m1/s1. The number of amides is 4. The fourth-order valence-corrected chi connectivity index (χ4v) is 4.37. The smallest absolute Gasteiger partial charge is 0.332 e. The van der Waals surface area contributed by atoms with E-state index in [-0.39, 0.29) is 13.0 Å². The van der Waals surface area contributed by atoms with Crippen molar-refractivity contribution in [3.05, 3.63) is 70.9 Å². The van der Waals surface area contributed by atoms with Crippen molar-refractivity contribution in [3.63, 3.8) is 0 Å². The van der Waals surface area contributed by atoms with E-state index in [0.29, 0.717) is 22.9 Å². The van der Waals surface area contributed by atoms with E-state index in [1.807, 2.05) is 23.6 Å². The molecule has 1 atom stereocenters. The summed E-state index contributed by atoms with van der Waals surface area (Å²) in [4.78, 5) is 42.9. The topological polar surface area (TPSA) is 88.2 Å². The molecule has 1 saturated heterocycles. The molecule has 3 aromatic rings. The van der Waals surface area contributed by atoms with Gasteiger partial charge in [-0.25, -0.2) is 9.69 Å². The molecule has 170 valence electrons. The number of hydrogen-bond acceptors (Lipinski definition) is 6. The van der Waals surface area contributed by atoms with Crippen LogP contribution in [0, 0.1) is 0 Å². The minimum Gasteiger partial charge on any atom is -0.497 e. The molecule has 0 saturated carbocycles. The fourth-order valence-electron chi connectivity index (χ4n) is 3.67. The molecule has 0 aliphatic carbocycles. The Hall–Kier alpha value is -3.85. The van der Waals surface area contributed by atoms with Crippen LogP contribution in [0.15, 0.2) is 66.0 Å². The van der Waals surface area contributed by atoms with Crippen LogP contribution in [0.1, 0.15) is 11.3 Å². The van der Waals surface area contributed by atoms with Gasteiger partial charge in [0.15, 0.2) is 0 Å². The third-order valence-corrected chi connectivity index (χ3v) is 6.11. The van der Waals surface area contributed by atoms with Crippen molar-refractivity contribution < 1.29 is 23.9 Å². The molecule has 33 heavy (non-hydrogen) atoms. The van der Waals surface area contributed by atoms with E-state index in [4.69, 9.17) is 9.47 Å². The van der Waals surface area contributed by atoms with E-state index in [0.717, 1.165) is 9.78 Å². The number of carbonyl (C=O) groups excluding carboxylic acids is 3. The van der Waals surface area contributed by atoms with Crippen molar-refractivity contribution in [1.29, 1.82) is 0 Å². The molecule has 1 N–H and O–H groups in total. The van der Waals surface area contributed by atoms with Crippen LogP contribution in [0.25, 0.3) is 0 Å². The first-order valence-electron chi connectivity index (χ1n) is 10.2. The van der Waals surface area contributed by atoms with Gasteiger partial charge in [-0.3, -0.25) is 9.59 Å². The van der Waals surface area contributed by atoms with Gasteiger partial charge >= 0.3 is 6.03 Å². The number of benzene rings is 2. The van der Waals surface area contributed by atoms with Gasteiger partial charge in [0.1, 0.15) is 17.5 Å². The fraction of sp³-hybridized carbons (Fsp3) is 0.208. The first-order valence-corrected chi connectivity index (χ1v) is 11.1. The van der Waals surface area contributed by atoms with Crippen molar-refractivity contribution >= 4 is 40.6 Å². The Morgan fingerprint density at radius 2 is 1.70 bits per heavy atom. The van der Waals surface area contributed by atoms with Gasteiger partial charge < -0.3 is 19.7 Å². The van der Waals surface area contributed by atoms with E-state index in [9.17, 15) is 14.4 Å². The van der Waals surface area contributed by atoms with Crippen LogP contribution in [0.3, 0.4) is 0 Å². The first kappa shape index (κ1) is 22.3. The summed E-state index contributed by atoms with van der Waals surface area (Å²) in [5.74, 6) is 0.210. The minimum absolute atomic E-state index is 0.182. The van der Waals surface area contributed by atoms with E-state index in [2.05, 4.69) is 5.32 Å². The Morgan fingerprint density at radius 1 is 1.00 bits per heavy atom. The maximum Gasteiger partial charge on any atom is 0.332 e. The van der Waals surface area contributed by atoms with E-state index >= 15 is 0 Å². The van der Waals surface area contributed by atoms with Gasteiger partial charge in [0.25, 0.3) is 5.91 Å². The predicted molar refractivity (Wildman–Crippen MR) is 126 cm³/mol. The SMILES string of the molecule is COc1cc(NC(=O)C[C@@H]2C(=O)N(c3ccccc3)C(=O)N2Cc2cccs2)cc(OC)c1.